The van der Waals surface area contributed by atoms with E-state index in [0.29, 0.717) is 32.6 Å². The molecule has 0 aromatic carbocycles. The highest BCUT2D eigenvalue weighted by atomic mass is 31.2. The molecule has 11 heteroatoms. The van der Waals surface area contributed by atoms with E-state index < -0.39 is 19.9 Å². The number of nitrogens with two attached hydrogens (primary N) is 1. The summed E-state index contributed by atoms with van der Waals surface area (Å²) < 4.78 is 26.7. The summed E-state index contributed by atoms with van der Waals surface area (Å²) in [5, 5.41) is 16.4. The van der Waals surface area contributed by atoms with E-state index in [1.165, 1.54) is 103 Å². The van der Waals surface area contributed by atoms with Crippen LogP contribution in [0.25, 0.3) is 0 Å². The van der Waals surface area contributed by atoms with Crippen LogP contribution in [-0.4, -0.2) is 71.7 Å². The van der Waals surface area contributed by atoms with E-state index in [9.17, 15) is 9.36 Å². The Morgan fingerprint density at radius 3 is 1.51 bits per heavy atom. The second-order valence-electron chi connectivity index (χ2n) is 10.7. The molecule has 0 bridgehead atoms. The van der Waals surface area contributed by atoms with Crippen molar-refractivity contribution in [1.82, 2.24) is 0 Å². The summed E-state index contributed by atoms with van der Waals surface area (Å²) in [4.78, 5) is 28.4. The van der Waals surface area contributed by atoms with Crippen LogP contribution < -0.4 is 5.73 Å². The van der Waals surface area contributed by atoms with Crippen LogP contribution in [0.3, 0.4) is 0 Å². The number of aliphatic hydroxyl groups is 1. The molecule has 10 nitrogen and oxygen atoms in total. The van der Waals surface area contributed by atoms with Gasteiger partial charge in [0.2, 0.25) is 0 Å². The SMILES string of the molecule is CCCCCCCCCCCCCCCCCCCCOCC(COP(=O)(O)O)OCCCCC(=O)O.NCCO. The highest BCUT2D eigenvalue weighted by Crippen LogP contribution is 2.35. The van der Waals surface area contributed by atoms with E-state index in [0.717, 1.165) is 12.8 Å². The number of carboxylic acids is 1. The fraction of sp³-hybridized carbons (Fsp3) is 0.967. The molecule has 0 aliphatic carbocycles. The molecule has 0 aliphatic rings. The van der Waals surface area contributed by atoms with Crippen molar-refractivity contribution >= 4 is 13.8 Å². The monoisotopic (exact) mass is 613 g/mol. The third-order valence-electron chi connectivity index (χ3n) is 6.64. The number of unbranched alkanes of at least 4 members (excludes halogenated alkanes) is 18. The smallest absolute Gasteiger partial charge is 0.469 e. The number of aliphatic hydroxyl groups excluding tert-OH is 1. The lowest BCUT2D eigenvalue weighted by Crippen LogP contribution is -2.26. The van der Waals surface area contributed by atoms with E-state index in [1.54, 1.807) is 0 Å². The number of carboxylic acid groups (broad SMARTS) is 1. The Morgan fingerprint density at radius 1 is 0.707 bits per heavy atom. The molecule has 0 spiro atoms. The van der Waals surface area contributed by atoms with Gasteiger partial charge < -0.3 is 35.2 Å². The molecular weight excluding hydrogens is 549 g/mol. The third kappa shape index (κ3) is 41.6. The predicted octanol–water partition coefficient (Wildman–Crippen LogP) is 6.73. The summed E-state index contributed by atoms with van der Waals surface area (Å²) in [6.45, 7) is 3.55. The Kier molecular flexibility index (Phi) is 35.2. The van der Waals surface area contributed by atoms with Crippen LogP contribution in [0.1, 0.15) is 142 Å². The summed E-state index contributed by atoms with van der Waals surface area (Å²) in [5.41, 5.74) is 4.78. The third-order valence-corrected chi connectivity index (χ3v) is 7.13. The Bertz CT molecular complexity index is 576. The zero-order valence-electron chi connectivity index (χ0n) is 26.0. The lowest BCUT2D eigenvalue weighted by atomic mass is 10.0. The van der Waals surface area contributed by atoms with Crippen molar-refractivity contribution in [3.05, 3.63) is 0 Å². The first kappa shape index (κ1) is 42.6. The highest BCUT2D eigenvalue weighted by Gasteiger charge is 2.19. The molecule has 0 heterocycles. The van der Waals surface area contributed by atoms with Gasteiger partial charge in [-0.25, -0.2) is 4.57 Å². The molecule has 248 valence electrons. The van der Waals surface area contributed by atoms with Gasteiger partial charge >= 0.3 is 13.8 Å². The fourth-order valence-electron chi connectivity index (χ4n) is 4.27. The lowest BCUT2D eigenvalue weighted by Gasteiger charge is -2.18. The number of carbonyl (C=O) groups is 1. The second-order valence-corrected chi connectivity index (χ2v) is 12.0. The zero-order valence-corrected chi connectivity index (χ0v) is 26.9. The van der Waals surface area contributed by atoms with Crippen LogP contribution in [0.2, 0.25) is 0 Å². The first-order valence-electron chi connectivity index (χ1n) is 16.2. The molecule has 41 heavy (non-hydrogen) atoms. The van der Waals surface area contributed by atoms with Gasteiger partial charge in [-0.2, -0.15) is 0 Å². The molecular formula is C30H64NO9P. The minimum absolute atomic E-state index is 0.0723. The van der Waals surface area contributed by atoms with Crippen molar-refractivity contribution < 1.29 is 43.4 Å². The molecule has 0 fully saturated rings. The van der Waals surface area contributed by atoms with Crippen LogP contribution in [0.4, 0.5) is 0 Å². The predicted molar refractivity (Wildman–Crippen MR) is 165 cm³/mol. The Hall–Kier alpha value is -0.580. The number of hydrogen-bond donors (Lipinski definition) is 5. The van der Waals surface area contributed by atoms with Crippen LogP contribution in [0, 0.1) is 0 Å². The normalized spacial score (nSPS) is 12.2. The fourth-order valence-corrected chi connectivity index (χ4v) is 4.63. The van der Waals surface area contributed by atoms with Crippen LogP contribution >= 0.6 is 7.82 Å². The summed E-state index contributed by atoms with van der Waals surface area (Å²) in [6, 6.07) is 0. The van der Waals surface area contributed by atoms with Crippen molar-refractivity contribution in [2.24, 2.45) is 5.73 Å². The lowest BCUT2D eigenvalue weighted by molar-refractivity contribution is -0.137. The van der Waals surface area contributed by atoms with Gasteiger partial charge in [0.05, 0.1) is 19.8 Å². The largest absolute Gasteiger partial charge is 0.481 e. The van der Waals surface area contributed by atoms with Gasteiger partial charge in [0.15, 0.2) is 0 Å². The first-order chi connectivity index (χ1) is 19.8. The Balaban J connectivity index is 0. The van der Waals surface area contributed by atoms with Crippen molar-refractivity contribution in [2.75, 3.05) is 39.6 Å². The molecule has 1 unspecified atom stereocenters. The molecule has 0 aromatic rings. The van der Waals surface area contributed by atoms with Crippen LogP contribution in [0.5, 0.6) is 0 Å². The maximum absolute atomic E-state index is 11.0. The minimum atomic E-state index is -4.57. The number of phosphoric ester groups is 1. The highest BCUT2D eigenvalue weighted by molar-refractivity contribution is 7.46. The van der Waals surface area contributed by atoms with Gasteiger partial charge in [0, 0.05) is 26.2 Å². The van der Waals surface area contributed by atoms with Gasteiger partial charge in [-0.05, 0) is 19.3 Å². The van der Waals surface area contributed by atoms with Crippen molar-refractivity contribution in [3.63, 3.8) is 0 Å². The number of aliphatic carboxylic acids is 1. The number of rotatable bonds is 31. The molecule has 0 amide bonds. The maximum Gasteiger partial charge on any atom is 0.469 e. The molecule has 0 saturated carbocycles. The molecule has 6 N–H and O–H groups in total. The van der Waals surface area contributed by atoms with Gasteiger partial charge in [0.25, 0.3) is 0 Å². The number of ether oxygens (including phenoxy) is 2. The molecule has 0 radical (unpaired) electrons. The summed E-state index contributed by atoms with van der Waals surface area (Å²) >= 11 is 0. The molecule has 0 aliphatic heterocycles. The van der Waals surface area contributed by atoms with E-state index in [1.807, 2.05) is 0 Å². The Morgan fingerprint density at radius 2 is 1.12 bits per heavy atom. The van der Waals surface area contributed by atoms with E-state index >= 15 is 0 Å². The maximum atomic E-state index is 11.0. The Labute approximate surface area is 250 Å². The van der Waals surface area contributed by atoms with Crippen molar-refractivity contribution in [1.29, 1.82) is 0 Å². The average Bonchev–Trinajstić information content (AvgIpc) is 2.93. The first-order valence-corrected chi connectivity index (χ1v) is 17.7. The van der Waals surface area contributed by atoms with E-state index in [-0.39, 0.29) is 26.2 Å². The van der Waals surface area contributed by atoms with Crippen LogP contribution in [-0.2, 0) is 23.4 Å². The average molecular weight is 614 g/mol. The molecule has 0 saturated heterocycles. The molecule has 1 atom stereocenters. The van der Waals surface area contributed by atoms with Crippen molar-refractivity contribution in [3.8, 4) is 0 Å². The van der Waals surface area contributed by atoms with E-state index in [2.05, 4.69) is 11.4 Å². The van der Waals surface area contributed by atoms with Gasteiger partial charge in [0.1, 0.15) is 6.10 Å². The quantitative estimate of drug-likeness (QED) is 0.0417. The summed E-state index contributed by atoms with van der Waals surface area (Å²) in [7, 11) is -4.57. The van der Waals surface area contributed by atoms with Gasteiger partial charge in [-0.15, -0.1) is 0 Å². The minimum Gasteiger partial charge on any atom is -0.481 e. The number of hydrogen-bond acceptors (Lipinski definition) is 7. The topological polar surface area (TPSA) is 169 Å². The van der Waals surface area contributed by atoms with Crippen LogP contribution in [0.15, 0.2) is 0 Å². The van der Waals surface area contributed by atoms with Gasteiger partial charge in [-0.3, -0.25) is 9.32 Å². The summed E-state index contributed by atoms with van der Waals surface area (Å²) in [6.07, 6.45) is 24.4. The summed E-state index contributed by atoms with van der Waals surface area (Å²) in [5.74, 6) is -0.853. The molecule has 0 aromatic heterocycles. The zero-order chi connectivity index (χ0) is 30.9. The standard InChI is InChI=1S/C28H57O8P.C2H7NO/c1-2-3-4-5-6-7-8-9-10-11-12-13-14-15-16-17-18-20-23-34-25-27(26-36-37(31,32)33)35-24-21-19-22-28(29)30;3-1-2-4/h27H,2-26H2,1H3,(H,29,30)(H2,31,32,33);4H,1-3H2. The molecule has 0 rings (SSSR count). The van der Waals surface area contributed by atoms with Crippen molar-refractivity contribution in [2.45, 2.75) is 148 Å². The van der Waals surface area contributed by atoms with Gasteiger partial charge in [-0.1, -0.05) is 116 Å². The van der Waals surface area contributed by atoms with E-state index in [4.69, 9.17) is 35.2 Å². The number of phosphoric acid groups is 1. The second kappa shape index (κ2) is 33.9.